The average molecular weight is 250 g/mol. The van der Waals surface area contributed by atoms with Gasteiger partial charge in [-0.15, -0.1) is 0 Å². The van der Waals surface area contributed by atoms with Crippen LogP contribution >= 0.6 is 0 Å². The molecule has 3 nitrogen and oxygen atoms in total. The van der Waals surface area contributed by atoms with Gasteiger partial charge in [-0.1, -0.05) is 26.0 Å². The normalized spacial score (nSPS) is 28.3. The summed E-state index contributed by atoms with van der Waals surface area (Å²) in [7, 11) is 0. The van der Waals surface area contributed by atoms with Gasteiger partial charge in [0.1, 0.15) is 5.60 Å². The molecule has 3 heteroatoms. The van der Waals surface area contributed by atoms with Crippen LogP contribution in [0.5, 0.6) is 0 Å². The highest BCUT2D eigenvalue weighted by Gasteiger charge is 2.44. The third kappa shape index (κ3) is 2.91. The van der Waals surface area contributed by atoms with Gasteiger partial charge in [-0.05, 0) is 43.9 Å². The van der Waals surface area contributed by atoms with Crippen molar-refractivity contribution in [3.63, 3.8) is 0 Å². The van der Waals surface area contributed by atoms with Crippen LogP contribution in [0.1, 0.15) is 40.5 Å². The molecule has 1 aliphatic carbocycles. The van der Waals surface area contributed by atoms with Crippen LogP contribution < -0.4 is 0 Å². The highest BCUT2D eigenvalue weighted by atomic mass is 16.4. The molecule has 0 aromatic rings. The Morgan fingerprint density at radius 2 is 2.06 bits per heavy atom. The maximum Gasteiger partial charge on any atom is 0.328 e. The summed E-state index contributed by atoms with van der Waals surface area (Å²) in [5.74, 6) is -0.973. The first-order chi connectivity index (χ1) is 8.19. The fraction of sp³-hybridized carbons (Fsp3) is 0.533. The molecule has 0 bridgehead atoms. The van der Waals surface area contributed by atoms with Crippen molar-refractivity contribution in [1.29, 1.82) is 0 Å². The highest BCUT2D eigenvalue weighted by molar-refractivity contribution is 5.81. The Morgan fingerprint density at radius 1 is 1.44 bits per heavy atom. The van der Waals surface area contributed by atoms with E-state index in [1.807, 2.05) is 26.8 Å². The van der Waals surface area contributed by atoms with Crippen LogP contribution in [0.15, 0.2) is 35.5 Å². The average Bonchev–Trinajstić information content (AvgIpc) is 2.22. The Kier molecular flexibility index (Phi) is 4.17. The van der Waals surface area contributed by atoms with Crippen molar-refractivity contribution in [2.24, 2.45) is 5.41 Å². The first-order valence-electron chi connectivity index (χ1n) is 6.19. The molecule has 0 aromatic carbocycles. The van der Waals surface area contributed by atoms with E-state index in [2.05, 4.69) is 0 Å². The lowest BCUT2D eigenvalue weighted by atomic mass is 9.65. The smallest absolute Gasteiger partial charge is 0.328 e. The zero-order valence-electron chi connectivity index (χ0n) is 11.5. The Hall–Kier alpha value is -1.35. The molecule has 0 saturated carbocycles. The van der Waals surface area contributed by atoms with E-state index in [4.69, 9.17) is 5.11 Å². The van der Waals surface area contributed by atoms with Crippen molar-refractivity contribution in [1.82, 2.24) is 0 Å². The van der Waals surface area contributed by atoms with E-state index in [-0.39, 0.29) is 5.41 Å². The Balaban J connectivity index is 3.05. The topological polar surface area (TPSA) is 57.5 Å². The number of hydrogen-bond acceptors (Lipinski definition) is 2. The third-order valence-electron chi connectivity index (χ3n) is 3.79. The Bertz CT molecular complexity index is 427. The number of aliphatic hydroxyl groups is 1. The number of allylic oxidation sites excluding steroid dienone is 3. The second kappa shape index (κ2) is 5.11. The zero-order chi connectivity index (χ0) is 14.0. The third-order valence-corrected chi connectivity index (χ3v) is 3.79. The highest BCUT2D eigenvalue weighted by Crippen LogP contribution is 2.45. The summed E-state index contributed by atoms with van der Waals surface area (Å²) in [6, 6.07) is 0. The Morgan fingerprint density at radius 3 is 2.56 bits per heavy atom. The molecule has 1 rings (SSSR count). The molecule has 0 unspecified atom stereocenters. The monoisotopic (exact) mass is 250 g/mol. The van der Waals surface area contributed by atoms with Gasteiger partial charge in [-0.25, -0.2) is 4.79 Å². The fourth-order valence-corrected chi connectivity index (χ4v) is 2.38. The molecule has 0 spiro atoms. The van der Waals surface area contributed by atoms with E-state index < -0.39 is 11.6 Å². The second-order valence-electron chi connectivity index (χ2n) is 5.64. The summed E-state index contributed by atoms with van der Waals surface area (Å²) >= 11 is 0. The lowest BCUT2D eigenvalue weighted by Crippen LogP contribution is -2.45. The Labute approximate surface area is 109 Å². The maximum absolute atomic E-state index is 10.8. The van der Waals surface area contributed by atoms with E-state index >= 15 is 0 Å². The molecule has 0 amide bonds. The molecule has 0 fully saturated rings. The van der Waals surface area contributed by atoms with Gasteiger partial charge in [0.2, 0.25) is 0 Å². The minimum Gasteiger partial charge on any atom is -0.478 e. The summed E-state index contributed by atoms with van der Waals surface area (Å²) in [6.07, 6.45) is 8.46. The zero-order valence-corrected chi connectivity index (χ0v) is 11.5. The number of carbonyl (C=O) groups is 1. The lowest BCUT2D eigenvalue weighted by Gasteiger charge is -2.44. The maximum atomic E-state index is 10.8. The van der Waals surface area contributed by atoms with Crippen molar-refractivity contribution in [2.45, 2.75) is 46.1 Å². The summed E-state index contributed by atoms with van der Waals surface area (Å²) < 4.78 is 0. The van der Waals surface area contributed by atoms with Crippen molar-refractivity contribution < 1.29 is 15.0 Å². The first-order valence-corrected chi connectivity index (χ1v) is 6.19. The van der Waals surface area contributed by atoms with E-state index in [1.165, 1.54) is 0 Å². The van der Waals surface area contributed by atoms with Gasteiger partial charge in [0.25, 0.3) is 0 Å². The van der Waals surface area contributed by atoms with Crippen molar-refractivity contribution in [3.8, 4) is 0 Å². The van der Waals surface area contributed by atoms with E-state index in [1.54, 1.807) is 19.1 Å². The van der Waals surface area contributed by atoms with E-state index in [9.17, 15) is 9.90 Å². The minimum atomic E-state index is -1.00. The molecule has 0 aromatic heterocycles. The van der Waals surface area contributed by atoms with Gasteiger partial charge < -0.3 is 10.2 Å². The van der Waals surface area contributed by atoms with Crippen LogP contribution in [0.3, 0.4) is 0 Å². The standard InChI is InChI=1S/C15H22O3/c1-11(10-13(16)17)7-9-15(18)12(2)6-5-8-14(15,3)4/h6-7,9-10,18H,5,8H2,1-4H3,(H,16,17)/b9-7+,11-10-/t15-/m0/s1. The van der Waals surface area contributed by atoms with Crippen molar-refractivity contribution in [2.75, 3.05) is 0 Å². The summed E-state index contributed by atoms with van der Waals surface area (Å²) in [6.45, 7) is 7.69. The first kappa shape index (κ1) is 14.7. The van der Waals surface area contributed by atoms with Crippen LogP contribution in [-0.4, -0.2) is 21.8 Å². The number of aliphatic carboxylic acids is 1. The van der Waals surface area contributed by atoms with Crippen LogP contribution in [0.25, 0.3) is 0 Å². The van der Waals surface area contributed by atoms with Gasteiger partial charge in [-0.2, -0.15) is 0 Å². The minimum absolute atomic E-state index is 0.244. The van der Waals surface area contributed by atoms with Crippen LogP contribution in [0.2, 0.25) is 0 Å². The van der Waals surface area contributed by atoms with Crippen molar-refractivity contribution in [3.05, 3.63) is 35.5 Å². The summed E-state index contributed by atoms with van der Waals surface area (Å²) in [4.78, 5) is 10.5. The van der Waals surface area contributed by atoms with Crippen molar-refractivity contribution >= 4 is 5.97 Å². The van der Waals surface area contributed by atoms with Crippen LogP contribution in [-0.2, 0) is 4.79 Å². The van der Waals surface area contributed by atoms with Crippen LogP contribution in [0, 0.1) is 5.41 Å². The predicted molar refractivity (Wildman–Crippen MR) is 72.3 cm³/mol. The number of carboxylic acids is 1. The number of rotatable bonds is 3. The van der Waals surface area contributed by atoms with E-state index in [0.717, 1.165) is 24.5 Å². The quantitative estimate of drug-likeness (QED) is 0.460. The molecule has 0 saturated heterocycles. The number of carboxylic acid groups (broad SMARTS) is 1. The molecule has 0 heterocycles. The summed E-state index contributed by atoms with van der Waals surface area (Å²) in [5.41, 5.74) is 0.299. The molecular weight excluding hydrogens is 228 g/mol. The SMILES string of the molecule is CC1=CCCC(C)(C)[C@]1(O)/C=C/C(C)=C\C(=O)O. The molecule has 2 N–H and O–H groups in total. The van der Waals surface area contributed by atoms with Gasteiger partial charge >= 0.3 is 5.97 Å². The molecule has 1 aliphatic rings. The fourth-order valence-electron chi connectivity index (χ4n) is 2.38. The number of hydrogen-bond donors (Lipinski definition) is 2. The molecular formula is C15H22O3. The lowest BCUT2D eigenvalue weighted by molar-refractivity contribution is -0.131. The van der Waals surface area contributed by atoms with E-state index in [0.29, 0.717) is 5.57 Å². The molecule has 0 radical (unpaired) electrons. The van der Waals surface area contributed by atoms with Gasteiger partial charge in [-0.3, -0.25) is 0 Å². The molecule has 1 atom stereocenters. The van der Waals surface area contributed by atoms with Gasteiger partial charge in [0.05, 0.1) is 0 Å². The molecule has 100 valence electrons. The molecule has 18 heavy (non-hydrogen) atoms. The van der Waals surface area contributed by atoms with Gasteiger partial charge in [0, 0.05) is 11.5 Å². The molecule has 0 aliphatic heterocycles. The second-order valence-corrected chi connectivity index (χ2v) is 5.64. The predicted octanol–water partition coefficient (Wildman–Crippen LogP) is 3.07. The van der Waals surface area contributed by atoms with Crippen LogP contribution in [0.4, 0.5) is 0 Å². The summed E-state index contributed by atoms with van der Waals surface area (Å²) in [5, 5.41) is 19.5. The largest absolute Gasteiger partial charge is 0.478 e. The van der Waals surface area contributed by atoms with Gasteiger partial charge in [0.15, 0.2) is 0 Å².